The van der Waals surface area contributed by atoms with Gasteiger partial charge in [0.2, 0.25) is 0 Å². The van der Waals surface area contributed by atoms with Crippen molar-refractivity contribution in [3.8, 4) is 0 Å². The molecule has 3 aliphatic rings. The summed E-state index contributed by atoms with van der Waals surface area (Å²) >= 11 is 6.18. The molecule has 5 atom stereocenters. The highest BCUT2D eigenvalue weighted by molar-refractivity contribution is 6.73. The number of aryl methyl sites for hydroxylation is 2. The molecule has 0 amide bonds. The van der Waals surface area contributed by atoms with Crippen LogP contribution >= 0.6 is 11.6 Å². The Balaban J connectivity index is 1.43. The summed E-state index contributed by atoms with van der Waals surface area (Å²) in [6.45, 7) is 10.8. The zero-order valence-corrected chi connectivity index (χ0v) is 24.7. The third kappa shape index (κ3) is 4.34. The number of ether oxygens (including phenoxy) is 3. The van der Waals surface area contributed by atoms with E-state index in [0.717, 1.165) is 47.7 Å². The predicted molar refractivity (Wildman–Crippen MR) is 150 cm³/mol. The molecule has 1 aliphatic carbocycles. The number of alkyl halides is 1. The summed E-state index contributed by atoms with van der Waals surface area (Å²) in [6.07, 6.45) is 4.27. The summed E-state index contributed by atoms with van der Waals surface area (Å²) in [5.74, 6) is -0.406. The number of hydrogen-bond acceptors (Lipinski definition) is 6. The maximum atomic E-state index is 7.27. The SMILES string of the molecule is CC[Si](CC)(CC)OC(c1ccc2c(c1)CC2)[C@H]1O[C@@H](n2ccc3c(CCl)ncnc32)[C@@H]2OC(C)(C)O[C@@H]21. The molecule has 204 valence electrons. The van der Waals surface area contributed by atoms with Gasteiger partial charge in [-0.25, -0.2) is 9.97 Å². The van der Waals surface area contributed by atoms with E-state index in [2.05, 4.69) is 48.9 Å². The standard InChI is InChI=1S/C29H38ClN3O4Si/c1-6-38(7-2,8-3)37-23(20-12-10-18-9-11-19(18)15-20)24-25-26(36-29(4,5)35-25)28(34-24)33-14-13-21-22(16-30)31-17-32-27(21)33/h10,12-15,17,23-26,28H,6-9,11,16H2,1-5H3/t23?,24-,25-,26-,28-/m1/s1. The summed E-state index contributed by atoms with van der Waals surface area (Å²) in [7, 11) is -1.99. The van der Waals surface area contributed by atoms with Crippen molar-refractivity contribution < 1.29 is 18.6 Å². The number of halogens is 1. The van der Waals surface area contributed by atoms with Crippen LogP contribution in [-0.2, 0) is 37.4 Å². The summed E-state index contributed by atoms with van der Waals surface area (Å²) in [6, 6.07) is 12.0. The highest BCUT2D eigenvalue weighted by Gasteiger charge is 2.59. The molecule has 0 N–H and O–H groups in total. The molecule has 1 aromatic carbocycles. The summed E-state index contributed by atoms with van der Waals surface area (Å²) in [5.41, 5.74) is 5.63. The molecule has 38 heavy (non-hydrogen) atoms. The van der Waals surface area contributed by atoms with Gasteiger partial charge in [-0.2, -0.15) is 0 Å². The van der Waals surface area contributed by atoms with Crippen molar-refractivity contribution in [1.82, 2.24) is 14.5 Å². The number of aromatic nitrogens is 3. The lowest BCUT2D eigenvalue weighted by Gasteiger charge is -2.38. The molecule has 4 heterocycles. The van der Waals surface area contributed by atoms with Gasteiger partial charge in [-0.15, -0.1) is 11.6 Å². The highest BCUT2D eigenvalue weighted by Crippen LogP contribution is 2.49. The van der Waals surface area contributed by atoms with Crippen LogP contribution in [0.2, 0.25) is 18.1 Å². The van der Waals surface area contributed by atoms with E-state index in [4.69, 9.17) is 30.2 Å². The lowest BCUT2D eigenvalue weighted by molar-refractivity contribution is -0.206. The van der Waals surface area contributed by atoms with Gasteiger partial charge in [-0.3, -0.25) is 0 Å². The fourth-order valence-electron chi connectivity index (χ4n) is 6.40. The minimum absolute atomic E-state index is 0.239. The van der Waals surface area contributed by atoms with Gasteiger partial charge < -0.3 is 23.2 Å². The highest BCUT2D eigenvalue weighted by atomic mass is 35.5. The van der Waals surface area contributed by atoms with E-state index in [1.165, 1.54) is 16.7 Å². The molecule has 7 nitrogen and oxygen atoms in total. The Labute approximate surface area is 230 Å². The molecule has 9 heteroatoms. The van der Waals surface area contributed by atoms with Crippen LogP contribution in [0, 0.1) is 0 Å². The first-order chi connectivity index (χ1) is 18.3. The first kappa shape index (κ1) is 26.4. The Bertz CT molecular complexity index is 1320. The molecule has 3 aromatic rings. The number of fused-ring (bicyclic) bond motifs is 3. The molecule has 0 radical (unpaired) electrons. The largest absolute Gasteiger partial charge is 0.407 e. The third-order valence-electron chi connectivity index (χ3n) is 8.89. The van der Waals surface area contributed by atoms with Crippen molar-refractivity contribution in [1.29, 1.82) is 0 Å². The summed E-state index contributed by atoms with van der Waals surface area (Å²) < 4.78 is 29.4. The van der Waals surface area contributed by atoms with Crippen LogP contribution in [0.4, 0.5) is 0 Å². The Kier molecular flexibility index (Phi) is 6.94. The van der Waals surface area contributed by atoms with Crippen LogP contribution in [0.25, 0.3) is 11.0 Å². The van der Waals surface area contributed by atoms with Crippen molar-refractivity contribution >= 4 is 31.0 Å². The second-order valence-electron chi connectivity index (χ2n) is 11.3. The quantitative estimate of drug-likeness (QED) is 0.223. The second kappa shape index (κ2) is 9.98. The van der Waals surface area contributed by atoms with Crippen LogP contribution in [-0.4, -0.2) is 47.0 Å². The van der Waals surface area contributed by atoms with Crippen LogP contribution in [0.1, 0.15) is 69.3 Å². The average Bonchev–Trinajstić information content (AvgIpc) is 3.57. The van der Waals surface area contributed by atoms with Gasteiger partial charge in [-0.1, -0.05) is 39.0 Å². The lowest BCUT2D eigenvalue weighted by atomic mass is 9.85. The normalized spacial score (nSPS) is 26.8. The average molecular weight is 556 g/mol. The lowest BCUT2D eigenvalue weighted by Crippen LogP contribution is -2.43. The van der Waals surface area contributed by atoms with Crippen molar-refractivity contribution in [2.75, 3.05) is 0 Å². The smallest absolute Gasteiger partial charge is 0.193 e. The van der Waals surface area contributed by atoms with Crippen molar-refractivity contribution in [3.63, 3.8) is 0 Å². The number of hydrogen-bond donors (Lipinski definition) is 0. The first-order valence-corrected chi connectivity index (χ1v) is 17.1. The van der Waals surface area contributed by atoms with Crippen LogP contribution < -0.4 is 0 Å². The van der Waals surface area contributed by atoms with Gasteiger partial charge in [0.25, 0.3) is 0 Å². The predicted octanol–water partition coefficient (Wildman–Crippen LogP) is 6.45. The Hall–Kier alpha value is -1.81. The summed E-state index contributed by atoms with van der Waals surface area (Å²) in [4.78, 5) is 8.95. The molecule has 1 unspecified atom stereocenters. The molecule has 0 saturated carbocycles. The zero-order valence-electron chi connectivity index (χ0n) is 22.9. The van der Waals surface area contributed by atoms with E-state index in [9.17, 15) is 0 Å². The van der Waals surface area contributed by atoms with Crippen LogP contribution in [0.3, 0.4) is 0 Å². The van der Waals surface area contributed by atoms with E-state index < -0.39 is 20.3 Å². The van der Waals surface area contributed by atoms with Gasteiger partial charge in [-0.05, 0) is 67.6 Å². The topological polar surface area (TPSA) is 67.6 Å². The molecular formula is C29H38ClN3O4Si. The molecular weight excluding hydrogens is 518 g/mol. The molecule has 2 fully saturated rings. The van der Waals surface area contributed by atoms with E-state index in [-0.39, 0.29) is 24.4 Å². The summed E-state index contributed by atoms with van der Waals surface area (Å²) in [5, 5.41) is 0.925. The van der Waals surface area contributed by atoms with Gasteiger partial charge in [0, 0.05) is 11.6 Å². The molecule has 2 aliphatic heterocycles. The second-order valence-corrected chi connectivity index (χ2v) is 16.3. The number of rotatable bonds is 9. The maximum absolute atomic E-state index is 7.27. The van der Waals surface area contributed by atoms with Gasteiger partial charge in [0.05, 0.1) is 17.7 Å². The fraction of sp³-hybridized carbons (Fsp3) is 0.586. The molecule has 2 aromatic heterocycles. The monoisotopic (exact) mass is 555 g/mol. The maximum Gasteiger partial charge on any atom is 0.193 e. The van der Waals surface area contributed by atoms with Gasteiger partial charge in [0.15, 0.2) is 20.3 Å². The molecule has 6 rings (SSSR count). The van der Waals surface area contributed by atoms with E-state index in [1.54, 1.807) is 6.33 Å². The molecule has 0 spiro atoms. The Morgan fingerprint density at radius 3 is 2.45 bits per heavy atom. The van der Waals surface area contributed by atoms with Crippen LogP contribution in [0.15, 0.2) is 36.8 Å². The minimum atomic E-state index is -1.99. The van der Waals surface area contributed by atoms with Crippen LogP contribution in [0.5, 0.6) is 0 Å². The minimum Gasteiger partial charge on any atom is -0.407 e. The van der Waals surface area contributed by atoms with E-state index >= 15 is 0 Å². The van der Waals surface area contributed by atoms with Crippen molar-refractivity contribution in [2.24, 2.45) is 0 Å². The van der Waals surface area contributed by atoms with Crippen molar-refractivity contribution in [2.45, 2.75) is 108 Å². The van der Waals surface area contributed by atoms with Gasteiger partial charge in [0.1, 0.15) is 30.3 Å². The number of nitrogens with zero attached hydrogens (tertiary/aromatic N) is 3. The zero-order chi connectivity index (χ0) is 26.7. The Morgan fingerprint density at radius 1 is 1.05 bits per heavy atom. The van der Waals surface area contributed by atoms with E-state index in [1.807, 2.05) is 30.7 Å². The molecule has 0 bridgehead atoms. The fourth-order valence-corrected chi connectivity index (χ4v) is 9.42. The third-order valence-corrected chi connectivity index (χ3v) is 13.8. The Morgan fingerprint density at radius 2 is 1.79 bits per heavy atom. The van der Waals surface area contributed by atoms with E-state index in [0.29, 0.717) is 5.88 Å². The van der Waals surface area contributed by atoms with Gasteiger partial charge >= 0.3 is 0 Å². The first-order valence-electron chi connectivity index (χ1n) is 14.0. The molecule has 2 saturated heterocycles. The number of benzene rings is 1. The van der Waals surface area contributed by atoms with Crippen molar-refractivity contribution in [3.05, 3.63) is 59.2 Å².